The van der Waals surface area contributed by atoms with Gasteiger partial charge in [0.1, 0.15) is 0 Å². The molecule has 0 N–H and O–H groups in total. The van der Waals surface area contributed by atoms with Gasteiger partial charge in [0.2, 0.25) is 5.78 Å². The Kier molecular flexibility index (Phi) is 5.43. The standard InChI is InChI=1S/C20H20O4S/c1-13(20(23)16-8-7-14-4-2-5-15(14)12-16)24-19(22)10-9-17(21)18-6-3-11-25-18/h3,6-8,11-13H,2,4-5,9-10H2,1H3/t13-/m1/s1. The molecule has 5 heteroatoms. The number of ether oxygens (including phenoxy) is 1. The molecule has 1 aromatic carbocycles. The zero-order valence-corrected chi connectivity index (χ0v) is 14.9. The van der Waals surface area contributed by atoms with Crippen molar-refractivity contribution in [2.75, 3.05) is 0 Å². The van der Waals surface area contributed by atoms with Crippen LogP contribution in [0, 0.1) is 0 Å². The number of ketones is 2. The molecule has 130 valence electrons. The Morgan fingerprint density at radius 2 is 1.92 bits per heavy atom. The van der Waals surface area contributed by atoms with Gasteiger partial charge in [-0.1, -0.05) is 18.2 Å². The first-order valence-electron chi connectivity index (χ1n) is 8.47. The van der Waals surface area contributed by atoms with Crippen molar-refractivity contribution >= 4 is 28.9 Å². The molecule has 1 aliphatic carbocycles. The van der Waals surface area contributed by atoms with Gasteiger partial charge in [-0.3, -0.25) is 14.4 Å². The smallest absolute Gasteiger partial charge is 0.306 e. The van der Waals surface area contributed by atoms with Crippen molar-refractivity contribution in [1.82, 2.24) is 0 Å². The molecular formula is C20H20O4S. The van der Waals surface area contributed by atoms with Gasteiger partial charge in [0.15, 0.2) is 11.9 Å². The van der Waals surface area contributed by atoms with Crippen LogP contribution < -0.4 is 0 Å². The van der Waals surface area contributed by atoms with Gasteiger partial charge in [0.05, 0.1) is 11.3 Å². The van der Waals surface area contributed by atoms with Crippen LogP contribution in [0.3, 0.4) is 0 Å². The molecule has 0 spiro atoms. The summed E-state index contributed by atoms with van der Waals surface area (Å²) in [5.41, 5.74) is 3.09. The van der Waals surface area contributed by atoms with E-state index in [1.807, 2.05) is 17.5 Å². The van der Waals surface area contributed by atoms with E-state index < -0.39 is 12.1 Å². The minimum absolute atomic E-state index is 0.0153. The van der Waals surface area contributed by atoms with Crippen LogP contribution in [0.1, 0.15) is 57.3 Å². The van der Waals surface area contributed by atoms with E-state index in [9.17, 15) is 14.4 Å². The molecule has 25 heavy (non-hydrogen) atoms. The summed E-state index contributed by atoms with van der Waals surface area (Å²) < 4.78 is 5.22. The van der Waals surface area contributed by atoms with Crippen LogP contribution >= 0.6 is 11.3 Å². The van der Waals surface area contributed by atoms with Gasteiger partial charge < -0.3 is 4.74 Å². The van der Waals surface area contributed by atoms with Crippen molar-refractivity contribution in [2.24, 2.45) is 0 Å². The Morgan fingerprint density at radius 3 is 2.68 bits per heavy atom. The molecular weight excluding hydrogens is 336 g/mol. The topological polar surface area (TPSA) is 60.4 Å². The Bertz CT molecular complexity index is 792. The van der Waals surface area contributed by atoms with Gasteiger partial charge >= 0.3 is 5.97 Å². The maximum atomic E-state index is 12.5. The summed E-state index contributed by atoms with van der Waals surface area (Å²) in [6, 6.07) is 9.24. The van der Waals surface area contributed by atoms with E-state index in [4.69, 9.17) is 4.74 Å². The lowest BCUT2D eigenvalue weighted by Crippen LogP contribution is -2.24. The second kappa shape index (κ2) is 7.74. The molecule has 1 heterocycles. The number of carbonyl (C=O) groups is 3. The normalized spacial score (nSPS) is 14.0. The Morgan fingerprint density at radius 1 is 1.12 bits per heavy atom. The van der Waals surface area contributed by atoms with E-state index in [1.54, 1.807) is 25.1 Å². The molecule has 2 aromatic rings. The third-order valence-corrected chi connectivity index (χ3v) is 5.32. The van der Waals surface area contributed by atoms with E-state index >= 15 is 0 Å². The predicted octanol–water partition coefficient (Wildman–Crippen LogP) is 4.01. The van der Waals surface area contributed by atoms with Crippen molar-refractivity contribution in [2.45, 2.75) is 45.1 Å². The highest BCUT2D eigenvalue weighted by molar-refractivity contribution is 7.12. The lowest BCUT2D eigenvalue weighted by molar-refractivity contribution is -0.146. The molecule has 0 radical (unpaired) electrons. The minimum Gasteiger partial charge on any atom is -0.454 e. The maximum Gasteiger partial charge on any atom is 0.306 e. The zero-order chi connectivity index (χ0) is 17.8. The predicted molar refractivity (Wildman–Crippen MR) is 96.2 cm³/mol. The Hall–Kier alpha value is -2.27. The number of carbonyl (C=O) groups excluding carboxylic acids is 3. The van der Waals surface area contributed by atoms with Crippen LogP contribution in [-0.2, 0) is 22.4 Å². The van der Waals surface area contributed by atoms with Gasteiger partial charge in [-0.25, -0.2) is 0 Å². The van der Waals surface area contributed by atoms with Crippen molar-refractivity contribution in [3.8, 4) is 0 Å². The summed E-state index contributed by atoms with van der Waals surface area (Å²) in [7, 11) is 0. The first kappa shape index (κ1) is 17.5. The van der Waals surface area contributed by atoms with Crippen molar-refractivity contribution < 1.29 is 19.1 Å². The Balaban J connectivity index is 1.52. The average molecular weight is 356 g/mol. The fraction of sp³-hybridized carbons (Fsp3) is 0.350. The molecule has 0 fully saturated rings. The van der Waals surface area contributed by atoms with E-state index in [1.165, 1.54) is 22.5 Å². The molecule has 4 nitrogen and oxygen atoms in total. The first-order chi connectivity index (χ1) is 12.0. The quantitative estimate of drug-likeness (QED) is 0.555. The van der Waals surface area contributed by atoms with Crippen molar-refractivity contribution in [3.63, 3.8) is 0 Å². The highest BCUT2D eigenvalue weighted by Gasteiger charge is 2.22. The van der Waals surface area contributed by atoms with Crippen molar-refractivity contribution in [3.05, 3.63) is 57.3 Å². The number of aryl methyl sites for hydroxylation is 2. The molecule has 0 aliphatic heterocycles. The maximum absolute atomic E-state index is 12.5. The second-order valence-electron chi connectivity index (χ2n) is 6.23. The van der Waals surface area contributed by atoms with E-state index in [2.05, 4.69) is 0 Å². The van der Waals surface area contributed by atoms with Crippen LogP contribution in [-0.4, -0.2) is 23.6 Å². The lowest BCUT2D eigenvalue weighted by atomic mass is 10.0. The lowest BCUT2D eigenvalue weighted by Gasteiger charge is -2.13. The van der Waals surface area contributed by atoms with Crippen LogP contribution in [0.2, 0.25) is 0 Å². The monoisotopic (exact) mass is 356 g/mol. The summed E-state index contributed by atoms with van der Waals surface area (Å²) in [5, 5.41) is 1.82. The number of hydrogen-bond acceptors (Lipinski definition) is 5. The summed E-state index contributed by atoms with van der Waals surface area (Å²) in [6.07, 6.45) is 2.42. The average Bonchev–Trinajstić information content (AvgIpc) is 3.29. The summed E-state index contributed by atoms with van der Waals surface area (Å²) in [4.78, 5) is 36.9. The van der Waals surface area contributed by atoms with E-state index in [0.717, 1.165) is 19.3 Å². The third-order valence-electron chi connectivity index (χ3n) is 4.41. The molecule has 0 bridgehead atoms. The van der Waals surface area contributed by atoms with Crippen LogP contribution in [0.15, 0.2) is 35.7 Å². The van der Waals surface area contributed by atoms with Gasteiger partial charge in [-0.05, 0) is 54.8 Å². The number of benzene rings is 1. The van der Waals surface area contributed by atoms with Crippen LogP contribution in [0.25, 0.3) is 0 Å². The fourth-order valence-corrected chi connectivity index (χ4v) is 3.74. The molecule has 0 saturated heterocycles. The molecule has 0 amide bonds. The summed E-state index contributed by atoms with van der Waals surface area (Å²) in [5.74, 6) is -0.802. The van der Waals surface area contributed by atoms with Gasteiger partial charge in [0.25, 0.3) is 0 Å². The second-order valence-corrected chi connectivity index (χ2v) is 7.18. The largest absolute Gasteiger partial charge is 0.454 e. The first-order valence-corrected chi connectivity index (χ1v) is 9.35. The highest BCUT2D eigenvalue weighted by Crippen LogP contribution is 2.23. The number of rotatable bonds is 7. The molecule has 0 saturated carbocycles. The zero-order valence-electron chi connectivity index (χ0n) is 14.1. The fourth-order valence-electron chi connectivity index (χ4n) is 3.05. The third kappa shape index (κ3) is 4.23. The molecule has 0 unspecified atom stereocenters. The summed E-state index contributed by atoms with van der Waals surface area (Å²) >= 11 is 1.35. The molecule has 1 aromatic heterocycles. The summed E-state index contributed by atoms with van der Waals surface area (Å²) in [6.45, 7) is 1.58. The molecule has 1 atom stereocenters. The van der Waals surface area contributed by atoms with Gasteiger partial charge in [0, 0.05) is 12.0 Å². The minimum atomic E-state index is -0.844. The molecule has 3 rings (SSSR count). The van der Waals surface area contributed by atoms with E-state index in [-0.39, 0.29) is 24.4 Å². The number of fused-ring (bicyclic) bond motifs is 1. The number of thiophene rings is 1. The molecule has 1 aliphatic rings. The van der Waals surface area contributed by atoms with Gasteiger partial charge in [-0.15, -0.1) is 11.3 Å². The SMILES string of the molecule is C[C@@H](OC(=O)CCC(=O)c1cccs1)C(=O)c1ccc2c(c1)CCC2. The van der Waals surface area contributed by atoms with Crippen LogP contribution in [0.5, 0.6) is 0 Å². The number of hydrogen-bond donors (Lipinski definition) is 0. The van der Waals surface area contributed by atoms with E-state index in [0.29, 0.717) is 10.4 Å². The van der Waals surface area contributed by atoms with Crippen LogP contribution in [0.4, 0.5) is 0 Å². The number of Topliss-reactive ketones (excluding diaryl/α,β-unsaturated/α-hetero) is 2. The Labute approximate surface area is 150 Å². The highest BCUT2D eigenvalue weighted by atomic mass is 32.1. The van der Waals surface area contributed by atoms with Crippen molar-refractivity contribution in [1.29, 1.82) is 0 Å². The van der Waals surface area contributed by atoms with Gasteiger partial charge in [-0.2, -0.15) is 0 Å². The number of esters is 1.